The quantitative estimate of drug-likeness (QED) is 0.392. The van der Waals surface area contributed by atoms with Gasteiger partial charge in [0.05, 0.1) is 16.3 Å². The predicted molar refractivity (Wildman–Crippen MR) is 149 cm³/mol. The summed E-state index contributed by atoms with van der Waals surface area (Å²) in [5.41, 5.74) is 3.78. The highest BCUT2D eigenvalue weighted by molar-refractivity contribution is 7.12. The lowest BCUT2D eigenvalue weighted by molar-refractivity contribution is 0.101. The number of fused-ring (bicyclic) bond motifs is 4. The smallest absolute Gasteiger partial charge is 0.265 e. The van der Waals surface area contributed by atoms with E-state index < -0.39 is 0 Å². The van der Waals surface area contributed by atoms with Crippen LogP contribution in [0.25, 0.3) is 0 Å². The first-order chi connectivity index (χ1) is 18.4. The molecule has 192 valence electrons. The molecular formula is C29H27N5O3S. The van der Waals surface area contributed by atoms with Crippen molar-refractivity contribution in [3.05, 3.63) is 104 Å². The Hall–Kier alpha value is -4.24. The molecule has 0 spiro atoms. The number of amides is 2. The minimum absolute atomic E-state index is 0.0491. The van der Waals surface area contributed by atoms with E-state index in [1.165, 1.54) is 11.3 Å². The van der Waals surface area contributed by atoms with Gasteiger partial charge in [0.25, 0.3) is 17.4 Å². The molecule has 6 rings (SSSR count). The van der Waals surface area contributed by atoms with Crippen LogP contribution in [0.3, 0.4) is 0 Å². The largest absolute Gasteiger partial charge is 0.369 e. The molecule has 2 aliphatic heterocycles. The van der Waals surface area contributed by atoms with Crippen molar-refractivity contribution in [1.82, 2.24) is 9.55 Å². The van der Waals surface area contributed by atoms with Crippen molar-refractivity contribution >= 4 is 40.3 Å². The Morgan fingerprint density at radius 2 is 1.82 bits per heavy atom. The van der Waals surface area contributed by atoms with E-state index in [2.05, 4.69) is 20.5 Å². The summed E-state index contributed by atoms with van der Waals surface area (Å²) in [5, 5.41) is 7.76. The van der Waals surface area contributed by atoms with Gasteiger partial charge >= 0.3 is 0 Å². The Bertz CT molecular complexity index is 1580. The van der Waals surface area contributed by atoms with E-state index in [0.29, 0.717) is 34.4 Å². The van der Waals surface area contributed by atoms with Crippen molar-refractivity contribution in [2.75, 3.05) is 28.6 Å². The highest BCUT2D eigenvalue weighted by Crippen LogP contribution is 2.39. The zero-order valence-corrected chi connectivity index (χ0v) is 21.7. The molecule has 1 aromatic carbocycles. The molecule has 0 aliphatic carbocycles. The second-order valence-corrected chi connectivity index (χ2v) is 10.8. The highest BCUT2D eigenvalue weighted by Gasteiger charge is 2.35. The van der Waals surface area contributed by atoms with E-state index in [-0.39, 0.29) is 23.3 Å². The van der Waals surface area contributed by atoms with Crippen LogP contribution in [-0.2, 0) is 6.54 Å². The second-order valence-electron chi connectivity index (χ2n) is 9.88. The van der Waals surface area contributed by atoms with Crippen LogP contribution in [0.5, 0.6) is 0 Å². The lowest BCUT2D eigenvalue weighted by Crippen LogP contribution is -2.47. The van der Waals surface area contributed by atoms with Crippen LogP contribution in [0.15, 0.2) is 76.9 Å². The first kappa shape index (κ1) is 24.1. The summed E-state index contributed by atoms with van der Waals surface area (Å²) in [6, 6.07) is 20.0. The van der Waals surface area contributed by atoms with Gasteiger partial charge in [0.15, 0.2) is 0 Å². The van der Waals surface area contributed by atoms with Gasteiger partial charge in [-0.1, -0.05) is 18.2 Å². The third kappa shape index (κ3) is 4.72. The average Bonchev–Trinajstić information content (AvgIpc) is 3.45. The van der Waals surface area contributed by atoms with E-state index in [1.807, 2.05) is 53.3 Å². The fourth-order valence-electron chi connectivity index (χ4n) is 5.54. The summed E-state index contributed by atoms with van der Waals surface area (Å²) in [6.45, 7) is 4.03. The monoisotopic (exact) mass is 525 g/mol. The number of hydrogen-bond acceptors (Lipinski definition) is 6. The van der Waals surface area contributed by atoms with E-state index >= 15 is 0 Å². The average molecular weight is 526 g/mol. The normalized spacial score (nSPS) is 18.0. The molecule has 8 nitrogen and oxygen atoms in total. The van der Waals surface area contributed by atoms with E-state index in [9.17, 15) is 14.4 Å². The number of carbonyl (C=O) groups is 2. The molecule has 2 bridgehead atoms. The van der Waals surface area contributed by atoms with Crippen LogP contribution < -0.4 is 21.1 Å². The Kier molecular flexibility index (Phi) is 6.29. The second kappa shape index (κ2) is 9.90. The third-order valence-corrected chi connectivity index (χ3v) is 8.07. The summed E-state index contributed by atoms with van der Waals surface area (Å²) in [7, 11) is 0. The molecule has 1 saturated heterocycles. The fourth-order valence-corrected chi connectivity index (χ4v) is 6.16. The van der Waals surface area contributed by atoms with E-state index in [4.69, 9.17) is 0 Å². The number of benzene rings is 1. The van der Waals surface area contributed by atoms with Crippen LogP contribution in [0.4, 0.5) is 17.2 Å². The number of hydrogen-bond donors (Lipinski definition) is 2. The van der Waals surface area contributed by atoms with Gasteiger partial charge in [-0.15, -0.1) is 11.3 Å². The van der Waals surface area contributed by atoms with E-state index in [1.54, 1.807) is 30.3 Å². The lowest BCUT2D eigenvalue weighted by atomic mass is 9.83. The number of aromatic nitrogens is 2. The maximum Gasteiger partial charge on any atom is 0.265 e. The number of carbonyl (C=O) groups excluding carboxylic acids is 2. The fraction of sp³-hybridized carbons (Fsp3) is 0.241. The maximum atomic E-state index is 13.1. The predicted octanol–water partition coefficient (Wildman–Crippen LogP) is 4.74. The van der Waals surface area contributed by atoms with Crippen molar-refractivity contribution in [2.45, 2.75) is 25.8 Å². The third-order valence-electron chi connectivity index (χ3n) is 7.20. The molecule has 2 N–H and O–H groups in total. The Labute approximate surface area is 224 Å². The van der Waals surface area contributed by atoms with Gasteiger partial charge in [0.2, 0.25) is 0 Å². The van der Waals surface area contributed by atoms with Gasteiger partial charge in [-0.25, -0.2) is 4.98 Å². The van der Waals surface area contributed by atoms with Gasteiger partial charge in [0, 0.05) is 48.6 Å². The van der Waals surface area contributed by atoms with Crippen LogP contribution >= 0.6 is 11.3 Å². The molecule has 9 heteroatoms. The maximum absolute atomic E-state index is 13.1. The number of thiophene rings is 1. The Morgan fingerprint density at radius 3 is 2.63 bits per heavy atom. The molecule has 38 heavy (non-hydrogen) atoms. The number of anilines is 3. The summed E-state index contributed by atoms with van der Waals surface area (Å²) in [6.07, 6.45) is 1.03. The minimum Gasteiger partial charge on any atom is -0.369 e. The summed E-state index contributed by atoms with van der Waals surface area (Å²) >= 11 is 1.37. The van der Waals surface area contributed by atoms with Crippen molar-refractivity contribution in [1.29, 1.82) is 0 Å². The van der Waals surface area contributed by atoms with Crippen molar-refractivity contribution < 1.29 is 9.59 Å². The van der Waals surface area contributed by atoms with Gasteiger partial charge in [-0.2, -0.15) is 0 Å². The summed E-state index contributed by atoms with van der Waals surface area (Å²) in [5.74, 6) is 0.490. The van der Waals surface area contributed by atoms with Crippen LogP contribution in [-0.4, -0.2) is 34.5 Å². The summed E-state index contributed by atoms with van der Waals surface area (Å²) < 4.78 is 1.91. The van der Waals surface area contributed by atoms with Gasteiger partial charge < -0.3 is 20.1 Å². The first-order valence-corrected chi connectivity index (χ1v) is 13.5. The molecule has 1 fully saturated rings. The standard InChI is InChI=1S/C29H27N5O3S/c1-18-5-2-8-26(30-18)32-28(36)20-10-11-24(22(14-20)31-29(37)25-7-4-12-38-25)33-15-19-13-21(17-33)23-6-3-9-27(35)34(23)16-19/h2-12,14,19,21H,13,15-17H2,1H3,(H,31,37)(H,30,32,36). The van der Waals surface area contributed by atoms with Crippen molar-refractivity contribution in [3.8, 4) is 0 Å². The van der Waals surface area contributed by atoms with Crippen LogP contribution in [0.1, 0.15) is 43.8 Å². The first-order valence-electron chi connectivity index (χ1n) is 12.6. The SMILES string of the molecule is Cc1cccc(NC(=O)c2ccc(N3CC4CC(C3)c3cccc(=O)n3C4)c(NC(=O)c3cccs3)c2)n1. The van der Waals surface area contributed by atoms with Crippen molar-refractivity contribution in [2.24, 2.45) is 5.92 Å². The Balaban J connectivity index is 1.32. The van der Waals surface area contributed by atoms with Gasteiger partial charge in [0.1, 0.15) is 5.82 Å². The van der Waals surface area contributed by atoms with Crippen LogP contribution in [0.2, 0.25) is 0 Å². The number of nitrogens with one attached hydrogen (secondary N) is 2. The number of rotatable bonds is 5. The molecule has 5 heterocycles. The molecule has 2 amide bonds. The molecule has 0 saturated carbocycles. The number of nitrogens with zero attached hydrogens (tertiary/aromatic N) is 3. The molecule has 4 aromatic rings. The van der Waals surface area contributed by atoms with Crippen LogP contribution in [0, 0.1) is 12.8 Å². The molecule has 2 unspecified atom stereocenters. The molecule has 2 atom stereocenters. The van der Waals surface area contributed by atoms with Crippen molar-refractivity contribution in [3.63, 3.8) is 0 Å². The molecule has 0 radical (unpaired) electrons. The van der Waals surface area contributed by atoms with Gasteiger partial charge in [-0.05, 0) is 67.1 Å². The minimum atomic E-state index is -0.301. The zero-order chi connectivity index (χ0) is 26.2. The number of aryl methyl sites for hydroxylation is 1. The number of piperidine rings is 1. The molecule has 2 aliphatic rings. The zero-order valence-electron chi connectivity index (χ0n) is 20.9. The lowest BCUT2D eigenvalue weighted by Gasteiger charge is -2.44. The molecular weight excluding hydrogens is 498 g/mol. The topological polar surface area (TPSA) is 96.3 Å². The van der Waals surface area contributed by atoms with E-state index in [0.717, 1.165) is 36.6 Å². The molecule has 3 aromatic heterocycles. The number of pyridine rings is 2. The Morgan fingerprint density at radius 1 is 0.947 bits per heavy atom. The highest BCUT2D eigenvalue weighted by atomic mass is 32.1. The summed E-state index contributed by atoms with van der Waals surface area (Å²) in [4.78, 5) is 45.8. The van der Waals surface area contributed by atoms with Gasteiger partial charge in [-0.3, -0.25) is 14.4 Å².